The minimum Gasteiger partial charge on any atom is -0.354 e. The van der Waals surface area contributed by atoms with Gasteiger partial charge >= 0.3 is 0 Å². The molecule has 3 heterocycles. The number of anilines is 1. The number of carbonyl (C=O) groups is 1. The van der Waals surface area contributed by atoms with Gasteiger partial charge in [-0.25, -0.2) is 14.6 Å². The molecule has 1 aliphatic carbocycles. The topological polar surface area (TPSA) is 67.2 Å². The normalized spacial score (nSPS) is 17.8. The Morgan fingerprint density at radius 3 is 2.41 bits per heavy atom. The van der Waals surface area contributed by atoms with Crippen molar-refractivity contribution in [1.29, 1.82) is 0 Å². The van der Waals surface area contributed by atoms with Gasteiger partial charge in [0, 0.05) is 32.1 Å². The molecule has 32 heavy (non-hydrogen) atoms. The molecule has 1 amide bonds. The van der Waals surface area contributed by atoms with E-state index in [1.807, 2.05) is 18.5 Å². The summed E-state index contributed by atoms with van der Waals surface area (Å²) in [6.45, 7) is 9.32. The molecule has 0 bridgehead atoms. The number of benzene rings is 1. The highest BCUT2D eigenvalue weighted by atomic mass is 16.2. The molecule has 1 aromatic carbocycles. The number of hydrogen-bond donors (Lipinski definition) is 0. The van der Waals surface area contributed by atoms with Crippen LogP contribution in [0, 0.1) is 26.7 Å². The summed E-state index contributed by atoms with van der Waals surface area (Å²) in [7, 11) is 0. The molecule has 0 unspecified atom stereocenters. The van der Waals surface area contributed by atoms with E-state index < -0.39 is 0 Å². The zero-order valence-corrected chi connectivity index (χ0v) is 19.3. The summed E-state index contributed by atoms with van der Waals surface area (Å²) < 4.78 is 1.93. The first-order chi connectivity index (χ1) is 15.5. The number of fused-ring (bicyclic) bond motifs is 1. The average Bonchev–Trinajstić information content (AvgIpc) is 3.35. The average molecular weight is 433 g/mol. The number of hydrogen-bond acceptors (Lipinski definition) is 5. The third-order valence-electron chi connectivity index (χ3n) is 6.89. The number of carbonyl (C=O) groups excluding carboxylic acids is 1. The van der Waals surface area contributed by atoms with Gasteiger partial charge in [-0.3, -0.25) is 4.79 Å². The number of rotatable bonds is 3. The molecule has 2 aromatic heterocycles. The predicted molar refractivity (Wildman–Crippen MR) is 126 cm³/mol. The van der Waals surface area contributed by atoms with Crippen molar-refractivity contribution in [2.24, 2.45) is 5.92 Å². The van der Waals surface area contributed by atoms with Crippen LogP contribution < -0.4 is 4.90 Å². The molecule has 3 aromatic rings. The van der Waals surface area contributed by atoms with Crippen LogP contribution in [-0.4, -0.2) is 56.7 Å². The largest absolute Gasteiger partial charge is 0.354 e. The van der Waals surface area contributed by atoms with Crippen LogP contribution in [-0.2, 0) is 4.79 Å². The lowest BCUT2D eigenvalue weighted by Crippen LogP contribution is -2.38. The van der Waals surface area contributed by atoms with Gasteiger partial charge in [0.05, 0.1) is 16.8 Å². The van der Waals surface area contributed by atoms with Crippen LogP contribution in [0.4, 0.5) is 5.82 Å². The fourth-order valence-corrected chi connectivity index (χ4v) is 5.14. The van der Waals surface area contributed by atoms with Crippen molar-refractivity contribution in [3.8, 4) is 5.69 Å². The van der Waals surface area contributed by atoms with Crippen LogP contribution in [0.3, 0.4) is 0 Å². The van der Waals surface area contributed by atoms with Crippen molar-refractivity contribution < 1.29 is 4.79 Å². The summed E-state index contributed by atoms with van der Waals surface area (Å²) in [6, 6.07) is 8.35. The van der Waals surface area contributed by atoms with Crippen LogP contribution in [0.1, 0.15) is 49.2 Å². The van der Waals surface area contributed by atoms with Gasteiger partial charge in [-0.05, 0) is 52.2 Å². The van der Waals surface area contributed by atoms with E-state index >= 15 is 0 Å². The van der Waals surface area contributed by atoms with Crippen molar-refractivity contribution in [3.05, 3.63) is 41.3 Å². The molecule has 7 heteroatoms. The summed E-state index contributed by atoms with van der Waals surface area (Å²) in [5, 5.41) is 5.83. The van der Waals surface area contributed by atoms with E-state index in [0.29, 0.717) is 5.91 Å². The van der Waals surface area contributed by atoms with E-state index in [9.17, 15) is 4.79 Å². The Morgan fingerprint density at radius 1 is 0.906 bits per heavy atom. The number of aromatic nitrogens is 4. The second-order valence-electron chi connectivity index (χ2n) is 9.27. The number of aryl methyl sites for hydroxylation is 3. The molecular weight excluding hydrogens is 400 g/mol. The Balaban J connectivity index is 1.46. The standard InChI is InChI=1S/C25H32N6O/c1-17-9-11-21(12-10-17)31-24-22(18(2)28-31)23(26-19(3)27-24)29-13-6-14-30(16-15-29)25(32)20-7-4-5-8-20/h9-12,20H,4-8,13-16H2,1-3H3. The summed E-state index contributed by atoms with van der Waals surface area (Å²) in [5.74, 6) is 2.28. The molecule has 2 fully saturated rings. The van der Waals surface area contributed by atoms with E-state index in [2.05, 4.69) is 41.0 Å². The molecule has 0 N–H and O–H groups in total. The van der Waals surface area contributed by atoms with E-state index in [0.717, 1.165) is 79.5 Å². The Bertz CT molecular complexity index is 1130. The highest BCUT2D eigenvalue weighted by Gasteiger charge is 2.29. The first-order valence-corrected chi connectivity index (χ1v) is 11.9. The fourth-order valence-electron chi connectivity index (χ4n) is 5.14. The smallest absolute Gasteiger partial charge is 0.225 e. The van der Waals surface area contributed by atoms with Gasteiger partial charge in [0.15, 0.2) is 5.65 Å². The van der Waals surface area contributed by atoms with Crippen molar-refractivity contribution in [2.75, 3.05) is 31.1 Å². The zero-order chi connectivity index (χ0) is 22.2. The molecule has 7 nitrogen and oxygen atoms in total. The van der Waals surface area contributed by atoms with Crippen molar-refractivity contribution in [1.82, 2.24) is 24.6 Å². The van der Waals surface area contributed by atoms with Gasteiger partial charge in [-0.1, -0.05) is 30.5 Å². The van der Waals surface area contributed by atoms with Crippen molar-refractivity contribution in [3.63, 3.8) is 0 Å². The Kier molecular flexibility index (Phi) is 5.57. The van der Waals surface area contributed by atoms with Gasteiger partial charge in [0.25, 0.3) is 0 Å². The molecule has 2 aliphatic rings. The minimum atomic E-state index is 0.240. The van der Waals surface area contributed by atoms with E-state index in [1.165, 1.54) is 18.4 Å². The van der Waals surface area contributed by atoms with Gasteiger partial charge in [0.2, 0.25) is 5.91 Å². The fraction of sp³-hybridized carbons (Fsp3) is 0.520. The summed E-state index contributed by atoms with van der Waals surface area (Å²) in [4.78, 5) is 27.0. The third kappa shape index (κ3) is 3.85. The summed E-state index contributed by atoms with van der Waals surface area (Å²) >= 11 is 0. The van der Waals surface area contributed by atoms with Crippen molar-refractivity contribution in [2.45, 2.75) is 52.9 Å². The third-order valence-corrected chi connectivity index (χ3v) is 6.89. The molecule has 1 saturated heterocycles. The Labute approximate surface area is 189 Å². The first-order valence-electron chi connectivity index (χ1n) is 11.9. The van der Waals surface area contributed by atoms with Crippen LogP contribution >= 0.6 is 0 Å². The van der Waals surface area contributed by atoms with E-state index in [4.69, 9.17) is 15.1 Å². The lowest BCUT2D eigenvalue weighted by Gasteiger charge is -2.25. The zero-order valence-electron chi connectivity index (χ0n) is 19.3. The molecule has 1 aliphatic heterocycles. The maximum atomic E-state index is 13.0. The maximum Gasteiger partial charge on any atom is 0.225 e. The highest BCUT2D eigenvalue weighted by Crippen LogP contribution is 2.31. The van der Waals surface area contributed by atoms with Crippen LogP contribution in [0.5, 0.6) is 0 Å². The maximum absolute atomic E-state index is 13.0. The van der Waals surface area contributed by atoms with E-state index in [1.54, 1.807) is 0 Å². The quantitative estimate of drug-likeness (QED) is 0.627. The van der Waals surface area contributed by atoms with Gasteiger partial charge in [0.1, 0.15) is 11.6 Å². The van der Waals surface area contributed by atoms with Crippen LogP contribution in [0.15, 0.2) is 24.3 Å². The first kappa shape index (κ1) is 20.9. The molecular formula is C25H32N6O. The highest BCUT2D eigenvalue weighted by molar-refractivity contribution is 5.91. The number of nitrogens with zero attached hydrogens (tertiary/aromatic N) is 6. The molecule has 1 saturated carbocycles. The summed E-state index contributed by atoms with van der Waals surface area (Å²) in [6.07, 6.45) is 5.45. The van der Waals surface area contributed by atoms with Crippen molar-refractivity contribution >= 4 is 22.8 Å². The Morgan fingerprint density at radius 2 is 1.66 bits per heavy atom. The lowest BCUT2D eigenvalue weighted by atomic mass is 10.1. The summed E-state index contributed by atoms with van der Waals surface area (Å²) in [5.41, 5.74) is 3.99. The Hall–Kier alpha value is -2.96. The second-order valence-corrected chi connectivity index (χ2v) is 9.27. The molecule has 0 radical (unpaired) electrons. The second kappa shape index (κ2) is 8.52. The van der Waals surface area contributed by atoms with E-state index in [-0.39, 0.29) is 5.92 Å². The van der Waals surface area contributed by atoms with Gasteiger partial charge in [-0.2, -0.15) is 5.10 Å². The molecule has 0 atom stereocenters. The molecule has 168 valence electrons. The number of amides is 1. The predicted octanol–water partition coefficient (Wildman–Crippen LogP) is 3.97. The van der Waals surface area contributed by atoms with Crippen LogP contribution in [0.2, 0.25) is 0 Å². The minimum absolute atomic E-state index is 0.240. The van der Waals surface area contributed by atoms with Gasteiger partial charge in [-0.15, -0.1) is 0 Å². The van der Waals surface area contributed by atoms with Crippen LogP contribution in [0.25, 0.3) is 16.7 Å². The SMILES string of the molecule is Cc1ccc(-n2nc(C)c3c(N4CCCN(C(=O)C5CCCC5)CC4)nc(C)nc32)cc1. The van der Waals surface area contributed by atoms with Gasteiger partial charge < -0.3 is 9.80 Å². The molecule has 0 spiro atoms. The monoisotopic (exact) mass is 432 g/mol. The molecule has 5 rings (SSSR count). The lowest BCUT2D eigenvalue weighted by molar-refractivity contribution is -0.135.